The molecule has 0 bridgehead atoms. The van der Waals surface area contributed by atoms with Crippen molar-refractivity contribution in [1.29, 1.82) is 0 Å². The van der Waals surface area contributed by atoms with Gasteiger partial charge in [0.15, 0.2) is 5.78 Å². The Morgan fingerprint density at radius 2 is 0.931 bits per heavy atom. The van der Waals surface area contributed by atoms with Crippen molar-refractivity contribution in [1.82, 2.24) is 47.3 Å². The molecule has 1 aliphatic heterocycles. The predicted molar refractivity (Wildman–Crippen MR) is 343 cm³/mol. The SMILES string of the molecule is C.C=C(C)n1c(=O)[nH]c2ccccc21.C=C(C)n1c(=O)n(CCCC(=O)OC)c2ccccc21.CCCCC.COC(=O)CCCn1c(=O)[nH]c2ccccc21.O=C(O)CCCn1c(=O)[nH]c2ccccc21.O=C1CCCn2c(=O)[nH]c3cccc1c32. The molecule has 0 atom stereocenters. The number of ketones is 1. The van der Waals surface area contributed by atoms with Gasteiger partial charge in [-0.3, -0.25) is 46.6 Å². The van der Waals surface area contributed by atoms with E-state index in [-0.39, 0.29) is 60.0 Å². The molecule has 1 aliphatic rings. The molecule has 0 spiro atoms. The van der Waals surface area contributed by atoms with E-state index in [9.17, 15) is 43.2 Å². The van der Waals surface area contributed by atoms with Crippen LogP contribution in [0.4, 0.5) is 0 Å². The topological polar surface area (TPSA) is 285 Å². The zero-order valence-corrected chi connectivity index (χ0v) is 49.6. The Morgan fingerprint density at radius 3 is 1.41 bits per heavy atom. The first kappa shape index (κ1) is 67.8. The number of esters is 2. The first-order valence-electron chi connectivity index (χ1n) is 28.5. The number of carboxylic acid groups (broad SMARTS) is 1. The van der Waals surface area contributed by atoms with Crippen molar-refractivity contribution < 1.29 is 33.8 Å². The van der Waals surface area contributed by atoms with Crippen LogP contribution < -0.4 is 28.4 Å². The average Bonchev–Trinajstić information content (AvgIpc) is 2.09. The predicted octanol–water partition coefficient (Wildman–Crippen LogP) is 10.7. The number of aryl methyl sites for hydroxylation is 4. The Labute approximate surface area is 502 Å². The lowest BCUT2D eigenvalue weighted by Crippen LogP contribution is -2.23. The lowest BCUT2D eigenvalue weighted by atomic mass is 10.1. The third-order valence-electron chi connectivity index (χ3n) is 13.9. The minimum atomic E-state index is -0.840. The normalized spacial score (nSPS) is 11.3. The van der Waals surface area contributed by atoms with Gasteiger partial charge in [-0.1, -0.05) is 108 Å². The highest BCUT2D eigenvalue weighted by Crippen LogP contribution is 2.22. The second kappa shape index (κ2) is 32.9. The third kappa shape index (κ3) is 17.6. The average molecular weight is 1190 g/mol. The number of imidazole rings is 5. The summed E-state index contributed by atoms with van der Waals surface area (Å²) in [5.41, 5.74) is 9.58. The summed E-state index contributed by atoms with van der Waals surface area (Å²) in [5, 5.41) is 8.53. The van der Waals surface area contributed by atoms with E-state index >= 15 is 0 Å². The zero-order valence-electron chi connectivity index (χ0n) is 49.6. The number of para-hydroxylation sites is 9. The van der Waals surface area contributed by atoms with Crippen molar-refractivity contribution in [3.8, 4) is 0 Å². The summed E-state index contributed by atoms with van der Waals surface area (Å²) in [6.45, 7) is 17.7. The number of hydrogen-bond acceptors (Lipinski definition) is 11. The molecule has 5 aromatic heterocycles. The van der Waals surface area contributed by atoms with E-state index in [4.69, 9.17) is 5.11 Å². The number of aromatic nitrogens is 10. The van der Waals surface area contributed by atoms with Crippen molar-refractivity contribution in [3.05, 3.63) is 186 Å². The summed E-state index contributed by atoms with van der Waals surface area (Å²) in [6, 6.07) is 35.4. The monoisotopic (exact) mass is 1190 g/mol. The summed E-state index contributed by atoms with van der Waals surface area (Å²) in [4.78, 5) is 114. The number of ether oxygens (including phenoxy) is 2. The molecule has 11 rings (SSSR count). The number of hydrogen-bond donors (Lipinski definition) is 5. The van der Waals surface area contributed by atoms with Crippen molar-refractivity contribution in [2.24, 2.45) is 0 Å². The molecule has 6 heterocycles. The van der Waals surface area contributed by atoms with E-state index in [1.165, 1.54) is 33.5 Å². The maximum atomic E-state index is 12.4. The first-order valence-corrected chi connectivity index (χ1v) is 28.5. The number of H-pyrrole nitrogens is 4. The quantitative estimate of drug-likeness (QED) is 0.0565. The van der Waals surface area contributed by atoms with E-state index in [0.717, 1.165) is 67.3 Å². The zero-order chi connectivity index (χ0) is 62.5. The molecule has 0 saturated heterocycles. The number of carboxylic acids is 1. The van der Waals surface area contributed by atoms with Crippen LogP contribution in [-0.2, 0) is 50.0 Å². The van der Waals surface area contributed by atoms with Crippen LogP contribution in [0.1, 0.15) is 116 Å². The molecule has 0 radical (unpaired) electrons. The highest BCUT2D eigenvalue weighted by molar-refractivity contribution is 6.06. The van der Waals surface area contributed by atoms with Crippen LogP contribution in [0, 0.1) is 0 Å². The van der Waals surface area contributed by atoms with Gasteiger partial charge in [0.05, 0.1) is 69.4 Å². The summed E-state index contributed by atoms with van der Waals surface area (Å²) >= 11 is 0. The highest BCUT2D eigenvalue weighted by atomic mass is 16.5. The number of Topliss-reactive ketones (excluding diaryl/α,β-unsaturated/α-hetero) is 1. The van der Waals surface area contributed by atoms with E-state index in [1.54, 1.807) is 46.5 Å². The molecular weight excluding hydrogens is 1110 g/mol. The number of methoxy groups -OCH3 is 2. The van der Waals surface area contributed by atoms with Gasteiger partial charge in [-0.2, -0.15) is 0 Å². The van der Waals surface area contributed by atoms with E-state index in [1.807, 2.05) is 110 Å². The molecule has 0 unspecified atom stereocenters. The van der Waals surface area contributed by atoms with Crippen molar-refractivity contribution in [3.63, 3.8) is 0 Å². The molecule has 22 heteroatoms. The fraction of sp³-hybridized carbons (Fsp3) is 0.338. The minimum absolute atomic E-state index is 0. The number of aliphatic carboxylic acids is 1. The molecule has 87 heavy (non-hydrogen) atoms. The van der Waals surface area contributed by atoms with Crippen LogP contribution in [0.5, 0.6) is 0 Å². The van der Waals surface area contributed by atoms with Gasteiger partial charge in [-0.05, 0) is 100 Å². The molecular formula is C65H80N10O12. The summed E-state index contributed by atoms with van der Waals surface area (Å²) < 4.78 is 18.9. The number of allylic oxidation sites excluding steroid dienone is 2. The summed E-state index contributed by atoms with van der Waals surface area (Å²) in [5.74, 6) is -1.22. The largest absolute Gasteiger partial charge is 0.481 e. The maximum absolute atomic E-state index is 12.4. The second-order valence-electron chi connectivity index (χ2n) is 20.2. The lowest BCUT2D eigenvalue weighted by Gasteiger charge is -2.02. The van der Waals surface area contributed by atoms with Gasteiger partial charge in [0.1, 0.15) is 0 Å². The van der Waals surface area contributed by atoms with Gasteiger partial charge in [-0.15, -0.1) is 0 Å². The van der Waals surface area contributed by atoms with Crippen LogP contribution in [0.15, 0.2) is 152 Å². The molecule has 10 aromatic rings. The number of nitrogens with one attached hydrogen (secondary N) is 4. The Bertz CT molecular complexity index is 4300. The fourth-order valence-corrected chi connectivity index (χ4v) is 9.78. The molecule has 0 saturated carbocycles. The van der Waals surface area contributed by atoms with Gasteiger partial charge in [0, 0.05) is 68.8 Å². The molecule has 5 aromatic carbocycles. The van der Waals surface area contributed by atoms with Crippen molar-refractivity contribution >= 4 is 90.3 Å². The van der Waals surface area contributed by atoms with Crippen LogP contribution >= 0.6 is 0 Å². The van der Waals surface area contributed by atoms with Crippen LogP contribution in [-0.4, -0.2) is 90.4 Å². The Kier molecular flexibility index (Phi) is 25.6. The molecule has 5 N–H and O–H groups in total. The number of carbonyl (C=O) groups excluding carboxylic acids is 3. The maximum Gasteiger partial charge on any atom is 0.333 e. The summed E-state index contributed by atoms with van der Waals surface area (Å²) in [7, 11) is 2.72. The smallest absolute Gasteiger partial charge is 0.333 e. The minimum Gasteiger partial charge on any atom is -0.481 e. The highest BCUT2D eigenvalue weighted by Gasteiger charge is 2.20. The number of fused-ring (bicyclic) bond motifs is 4. The van der Waals surface area contributed by atoms with Gasteiger partial charge in [0.2, 0.25) is 0 Å². The number of unbranched alkanes of at least 4 members (excludes halogenated alkanes) is 2. The molecule has 0 fully saturated rings. The number of aromatic amines is 4. The van der Waals surface area contributed by atoms with E-state index in [0.29, 0.717) is 76.0 Å². The van der Waals surface area contributed by atoms with Gasteiger partial charge in [-0.25, -0.2) is 24.0 Å². The van der Waals surface area contributed by atoms with Crippen LogP contribution in [0.2, 0.25) is 0 Å². The molecule has 0 aliphatic carbocycles. The van der Waals surface area contributed by atoms with Gasteiger partial charge >= 0.3 is 46.4 Å². The van der Waals surface area contributed by atoms with Crippen LogP contribution in [0.25, 0.3) is 66.6 Å². The van der Waals surface area contributed by atoms with Crippen LogP contribution in [0.3, 0.4) is 0 Å². The van der Waals surface area contributed by atoms with Gasteiger partial charge < -0.3 is 34.5 Å². The Morgan fingerprint density at radius 1 is 0.506 bits per heavy atom. The fourth-order valence-electron chi connectivity index (χ4n) is 9.78. The number of nitrogens with zero attached hydrogens (tertiary/aromatic N) is 6. The van der Waals surface area contributed by atoms with E-state index < -0.39 is 5.97 Å². The first-order chi connectivity index (χ1) is 41.3. The van der Waals surface area contributed by atoms with Crippen molar-refractivity contribution in [2.45, 2.75) is 132 Å². The second-order valence-corrected chi connectivity index (χ2v) is 20.2. The standard InChI is InChI=1S/C15H18N2O3.C12H14N2O3.C11H12N2O3.C11H10N2O2.C10H10N2O.C5H12.CH4/c1-11(2)17-13-8-5-4-7-12(13)16(15(17)19)10-6-9-14(18)20-3;1-17-11(15)7-4-8-14-10-6-3-2-5-9(10)13-12(14)16;14-10(15)6-3-7-13-9-5-2-1-4-8(9)12-11(13)16;14-9-5-2-6-13-10-7(9)3-1-4-8(10)12-11(13)15;1-7(2)12-9-6-4-3-5-8(9)11-10(12)13;1-3-5-4-2;/h4-5,7-8H,1,6,9-10H2,2-3H3;2-3,5-6H,4,7-8H2,1H3,(H,13,16);1-2,4-5H,3,6-7H2,(H,12,16)(H,14,15);1,3-4H,2,5-6H2,(H,12,15);3-6H,1H2,2H3,(H,11,13);3-5H2,1-2H3;1H4. The summed E-state index contributed by atoms with van der Waals surface area (Å²) in [6.07, 6.45) is 7.65. The Hall–Kier alpha value is -9.99. The number of benzene rings is 5. The van der Waals surface area contributed by atoms with Gasteiger partial charge in [0.25, 0.3) is 0 Å². The number of carbonyl (C=O) groups is 4. The molecule has 22 nitrogen and oxygen atoms in total. The number of rotatable bonds is 16. The van der Waals surface area contributed by atoms with Crippen molar-refractivity contribution in [2.75, 3.05) is 14.2 Å². The Balaban J connectivity index is 0.000000195. The molecule has 462 valence electrons. The third-order valence-corrected chi connectivity index (χ3v) is 13.9. The lowest BCUT2D eigenvalue weighted by molar-refractivity contribution is -0.141. The van der Waals surface area contributed by atoms with E-state index in [2.05, 4.69) is 56.4 Å². The molecule has 0 amide bonds.